The lowest BCUT2D eigenvalue weighted by Crippen LogP contribution is -2.57. The summed E-state index contributed by atoms with van der Waals surface area (Å²) in [6.07, 6.45) is 0. The van der Waals surface area contributed by atoms with Crippen LogP contribution in [0, 0.1) is 5.92 Å². The highest BCUT2D eigenvalue weighted by atomic mass is 32.2. The Morgan fingerprint density at radius 2 is 1.90 bits per heavy atom. The third-order valence-electron chi connectivity index (χ3n) is 4.11. The van der Waals surface area contributed by atoms with E-state index in [-0.39, 0.29) is 36.6 Å². The van der Waals surface area contributed by atoms with Crippen LogP contribution in [0.1, 0.15) is 27.7 Å². The Morgan fingerprint density at radius 3 is 2.43 bits per heavy atom. The molecule has 21 heavy (non-hydrogen) atoms. The number of nitrogens with two attached hydrogens (primary N) is 1. The molecule has 0 saturated carbocycles. The smallest absolute Gasteiger partial charge is 0.242 e. The summed E-state index contributed by atoms with van der Waals surface area (Å²) in [5.74, 6) is -0.708. The van der Waals surface area contributed by atoms with Gasteiger partial charge in [0.1, 0.15) is 0 Å². The lowest BCUT2D eigenvalue weighted by molar-refractivity contribution is -0.135. The van der Waals surface area contributed by atoms with Crippen LogP contribution in [-0.4, -0.2) is 61.3 Å². The molecule has 2 unspecified atom stereocenters. The molecule has 0 aromatic heterocycles. The van der Waals surface area contributed by atoms with Gasteiger partial charge < -0.3 is 16.0 Å². The molecule has 122 valence electrons. The molecule has 7 nitrogen and oxygen atoms in total. The molecule has 1 saturated heterocycles. The highest BCUT2D eigenvalue weighted by molar-refractivity contribution is 7.92. The van der Waals surface area contributed by atoms with Gasteiger partial charge in [-0.3, -0.25) is 9.59 Å². The molecule has 2 amide bonds. The van der Waals surface area contributed by atoms with Crippen LogP contribution in [0.3, 0.4) is 0 Å². The number of rotatable bonds is 4. The van der Waals surface area contributed by atoms with Crippen molar-refractivity contribution in [3.63, 3.8) is 0 Å². The van der Waals surface area contributed by atoms with Crippen molar-refractivity contribution in [2.24, 2.45) is 11.7 Å². The molecule has 1 aliphatic heterocycles. The maximum absolute atomic E-state index is 12.1. The summed E-state index contributed by atoms with van der Waals surface area (Å²) in [5.41, 5.74) is 5.69. The second kappa shape index (κ2) is 6.74. The third kappa shape index (κ3) is 4.16. The van der Waals surface area contributed by atoms with Gasteiger partial charge in [0.15, 0.2) is 9.84 Å². The molecule has 1 heterocycles. The molecule has 1 rings (SSSR count). The van der Waals surface area contributed by atoms with E-state index in [1.54, 1.807) is 13.8 Å². The summed E-state index contributed by atoms with van der Waals surface area (Å²) < 4.78 is 23.5. The van der Waals surface area contributed by atoms with Gasteiger partial charge >= 0.3 is 0 Å². The predicted octanol–water partition coefficient (Wildman–Crippen LogP) is -0.880. The van der Waals surface area contributed by atoms with Crippen molar-refractivity contribution in [1.82, 2.24) is 10.2 Å². The molecule has 0 aliphatic carbocycles. The Balaban J connectivity index is 2.59. The second-order valence-corrected chi connectivity index (χ2v) is 8.36. The van der Waals surface area contributed by atoms with Gasteiger partial charge in [-0.05, 0) is 19.8 Å². The molecular weight excluding hydrogens is 294 g/mol. The van der Waals surface area contributed by atoms with Gasteiger partial charge in [-0.15, -0.1) is 0 Å². The van der Waals surface area contributed by atoms with Crippen LogP contribution >= 0.6 is 0 Å². The fourth-order valence-corrected chi connectivity index (χ4v) is 3.78. The Bertz CT molecular complexity index is 504. The van der Waals surface area contributed by atoms with Gasteiger partial charge in [0.05, 0.1) is 23.6 Å². The van der Waals surface area contributed by atoms with Gasteiger partial charge in [0.2, 0.25) is 11.8 Å². The Kier molecular flexibility index (Phi) is 5.75. The van der Waals surface area contributed by atoms with Crippen molar-refractivity contribution in [1.29, 1.82) is 0 Å². The van der Waals surface area contributed by atoms with Crippen LogP contribution < -0.4 is 11.1 Å². The van der Waals surface area contributed by atoms with E-state index in [0.29, 0.717) is 0 Å². The second-order valence-electron chi connectivity index (χ2n) is 5.89. The SMILES string of the molecule is CC(C)[C@H](N)C(=O)NCC(=O)N1CCS(=O)(=O)C(C)C1C. The maximum atomic E-state index is 12.1. The molecule has 1 aliphatic rings. The number of carbonyl (C=O) groups is 2. The molecule has 0 bridgehead atoms. The van der Waals surface area contributed by atoms with Crippen LogP contribution in [0.5, 0.6) is 0 Å². The summed E-state index contributed by atoms with van der Waals surface area (Å²) in [4.78, 5) is 25.4. The number of carbonyl (C=O) groups excluding carboxylic acids is 2. The number of hydrogen-bond donors (Lipinski definition) is 2. The summed E-state index contributed by atoms with van der Waals surface area (Å²) in [7, 11) is -3.13. The van der Waals surface area contributed by atoms with Crippen molar-refractivity contribution in [2.45, 2.75) is 45.0 Å². The van der Waals surface area contributed by atoms with Crippen molar-refractivity contribution in [2.75, 3.05) is 18.8 Å². The highest BCUT2D eigenvalue weighted by Gasteiger charge is 2.37. The summed E-state index contributed by atoms with van der Waals surface area (Å²) in [6, 6.07) is -1.05. The molecule has 0 spiro atoms. The standard InChI is InChI=1S/C13H25N3O4S/c1-8(2)12(14)13(18)15-7-11(17)16-5-6-21(19,20)10(4)9(16)3/h8-10,12H,5-7,14H2,1-4H3,(H,15,18)/t9?,10?,12-/m0/s1. The monoisotopic (exact) mass is 319 g/mol. The molecule has 0 radical (unpaired) electrons. The van der Waals surface area contributed by atoms with E-state index in [2.05, 4.69) is 5.32 Å². The van der Waals surface area contributed by atoms with E-state index in [1.165, 1.54) is 4.90 Å². The Hall–Kier alpha value is -1.15. The number of nitrogens with one attached hydrogen (secondary N) is 1. The molecule has 1 fully saturated rings. The van der Waals surface area contributed by atoms with E-state index >= 15 is 0 Å². The quantitative estimate of drug-likeness (QED) is 0.699. The molecular formula is C13H25N3O4S. The van der Waals surface area contributed by atoms with Crippen molar-refractivity contribution in [3.8, 4) is 0 Å². The van der Waals surface area contributed by atoms with Crippen LogP contribution in [-0.2, 0) is 19.4 Å². The first-order chi connectivity index (χ1) is 9.58. The highest BCUT2D eigenvalue weighted by Crippen LogP contribution is 2.19. The number of amides is 2. The summed E-state index contributed by atoms with van der Waals surface area (Å²) in [6.45, 7) is 6.97. The van der Waals surface area contributed by atoms with Crippen molar-refractivity contribution >= 4 is 21.7 Å². The van der Waals surface area contributed by atoms with E-state index in [0.717, 1.165) is 0 Å². The number of sulfone groups is 1. The van der Waals surface area contributed by atoms with Crippen LogP contribution in [0.15, 0.2) is 0 Å². The first kappa shape index (κ1) is 17.9. The molecule has 0 aromatic rings. The first-order valence-corrected chi connectivity index (χ1v) is 8.83. The average molecular weight is 319 g/mol. The van der Waals surface area contributed by atoms with E-state index < -0.39 is 27.2 Å². The van der Waals surface area contributed by atoms with Crippen LogP contribution in [0.2, 0.25) is 0 Å². The van der Waals surface area contributed by atoms with Gasteiger partial charge in [0, 0.05) is 12.6 Å². The minimum absolute atomic E-state index is 0.0147. The fourth-order valence-electron chi connectivity index (χ4n) is 2.21. The van der Waals surface area contributed by atoms with Crippen molar-refractivity contribution in [3.05, 3.63) is 0 Å². The van der Waals surface area contributed by atoms with Crippen molar-refractivity contribution < 1.29 is 18.0 Å². The lowest BCUT2D eigenvalue weighted by Gasteiger charge is -2.37. The Morgan fingerprint density at radius 1 is 1.33 bits per heavy atom. The van der Waals surface area contributed by atoms with E-state index in [9.17, 15) is 18.0 Å². The van der Waals surface area contributed by atoms with Crippen LogP contribution in [0.25, 0.3) is 0 Å². The molecule has 0 aromatic carbocycles. The predicted molar refractivity (Wildman–Crippen MR) is 80.2 cm³/mol. The third-order valence-corrected chi connectivity index (χ3v) is 6.39. The largest absolute Gasteiger partial charge is 0.346 e. The van der Waals surface area contributed by atoms with Gasteiger partial charge in [-0.1, -0.05) is 13.8 Å². The first-order valence-electron chi connectivity index (χ1n) is 7.12. The number of hydrogen-bond acceptors (Lipinski definition) is 5. The topological polar surface area (TPSA) is 110 Å². The minimum atomic E-state index is -3.13. The molecule has 3 atom stereocenters. The molecule has 8 heteroatoms. The zero-order valence-electron chi connectivity index (χ0n) is 13.0. The zero-order chi connectivity index (χ0) is 16.4. The zero-order valence-corrected chi connectivity index (χ0v) is 13.8. The van der Waals surface area contributed by atoms with Gasteiger partial charge in [-0.25, -0.2) is 8.42 Å². The van der Waals surface area contributed by atoms with Gasteiger partial charge in [-0.2, -0.15) is 0 Å². The normalized spacial score (nSPS) is 26.5. The molecule has 3 N–H and O–H groups in total. The van der Waals surface area contributed by atoms with Crippen LogP contribution in [0.4, 0.5) is 0 Å². The summed E-state index contributed by atoms with van der Waals surface area (Å²) in [5, 5.41) is 1.92. The summed E-state index contributed by atoms with van der Waals surface area (Å²) >= 11 is 0. The fraction of sp³-hybridized carbons (Fsp3) is 0.846. The minimum Gasteiger partial charge on any atom is -0.346 e. The maximum Gasteiger partial charge on any atom is 0.242 e. The lowest BCUT2D eigenvalue weighted by atomic mass is 10.1. The Labute approximate surface area is 126 Å². The van der Waals surface area contributed by atoms with E-state index in [4.69, 9.17) is 5.73 Å². The number of nitrogens with zero attached hydrogens (tertiary/aromatic N) is 1. The van der Waals surface area contributed by atoms with Gasteiger partial charge in [0.25, 0.3) is 0 Å². The average Bonchev–Trinajstić information content (AvgIpc) is 2.41. The van der Waals surface area contributed by atoms with E-state index in [1.807, 2.05) is 13.8 Å².